The number of para-hydroxylation sites is 1. The van der Waals surface area contributed by atoms with Crippen LogP contribution in [0.15, 0.2) is 41.8 Å². The third kappa shape index (κ3) is 2.71. The molecule has 0 aliphatic carbocycles. The van der Waals surface area contributed by atoms with Crippen molar-refractivity contribution in [1.82, 2.24) is 19.4 Å². The molecule has 3 heterocycles. The summed E-state index contributed by atoms with van der Waals surface area (Å²) in [6.45, 7) is 4.43. The lowest BCUT2D eigenvalue weighted by atomic mass is 10.0. The molecule has 4 rings (SSSR count). The molecule has 1 aromatic carbocycles. The van der Waals surface area contributed by atoms with E-state index in [0.29, 0.717) is 12.3 Å². The van der Waals surface area contributed by atoms with E-state index < -0.39 is 0 Å². The molecule has 0 fully saturated rings. The van der Waals surface area contributed by atoms with Crippen molar-refractivity contribution in [2.24, 2.45) is 0 Å². The average Bonchev–Trinajstić information content (AvgIpc) is 3.22. The van der Waals surface area contributed by atoms with Gasteiger partial charge in [-0.2, -0.15) is 0 Å². The maximum absolute atomic E-state index is 12.6. The van der Waals surface area contributed by atoms with E-state index in [1.807, 2.05) is 17.2 Å². The molecule has 0 bridgehead atoms. The zero-order valence-corrected chi connectivity index (χ0v) is 14.5. The van der Waals surface area contributed by atoms with E-state index >= 15 is 0 Å². The molecule has 0 unspecified atom stereocenters. The third-order valence-electron chi connectivity index (χ3n) is 4.58. The van der Waals surface area contributed by atoms with E-state index in [-0.39, 0.29) is 5.91 Å². The van der Waals surface area contributed by atoms with Gasteiger partial charge in [0.15, 0.2) is 5.16 Å². The second kappa shape index (κ2) is 6.36. The molecule has 6 heteroatoms. The number of aryl methyl sites for hydroxylation is 1. The number of aromatic nitrogens is 3. The van der Waals surface area contributed by atoms with Crippen molar-refractivity contribution in [2.75, 3.05) is 12.3 Å². The van der Waals surface area contributed by atoms with Crippen molar-refractivity contribution in [2.45, 2.75) is 31.6 Å². The number of carbonyl (C=O) groups is 1. The fourth-order valence-electron chi connectivity index (χ4n) is 3.27. The molecular weight excluding hydrogens is 320 g/mol. The summed E-state index contributed by atoms with van der Waals surface area (Å²) in [5.74, 6) is 0.621. The maximum Gasteiger partial charge on any atom is 0.233 e. The van der Waals surface area contributed by atoms with Crippen LogP contribution < -0.4 is 0 Å². The lowest BCUT2D eigenvalue weighted by molar-refractivity contribution is -0.129. The van der Waals surface area contributed by atoms with Crippen molar-refractivity contribution in [3.8, 4) is 0 Å². The maximum atomic E-state index is 12.6. The molecule has 1 aliphatic rings. The van der Waals surface area contributed by atoms with Gasteiger partial charge in [-0.05, 0) is 13.0 Å². The fourth-order valence-corrected chi connectivity index (χ4v) is 4.20. The number of rotatable bonds is 4. The lowest BCUT2D eigenvalue weighted by Gasteiger charge is -2.27. The molecule has 0 saturated carbocycles. The molecule has 0 radical (unpaired) electrons. The van der Waals surface area contributed by atoms with Gasteiger partial charge < -0.3 is 14.5 Å². The molecule has 1 N–H and O–H groups in total. The fraction of sp³-hybridized carbons (Fsp3) is 0.333. The van der Waals surface area contributed by atoms with Crippen LogP contribution in [-0.2, 0) is 24.3 Å². The second-order valence-electron chi connectivity index (χ2n) is 5.98. The first-order chi connectivity index (χ1) is 11.8. The number of carbonyl (C=O) groups excluding carboxylic acids is 1. The highest BCUT2D eigenvalue weighted by atomic mass is 32.2. The number of amides is 1. The Morgan fingerprint density at radius 3 is 3.12 bits per heavy atom. The van der Waals surface area contributed by atoms with Gasteiger partial charge in [-0.25, -0.2) is 4.98 Å². The predicted octanol–water partition coefficient (Wildman–Crippen LogP) is 3.06. The van der Waals surface area contributed by atoms with Gasteiger partial charge in [0.2, 0.25) is 5.91 Å². The van der Waals surface area contributed by atoms with Gasteiger partial charge in [-0.3, -0.25) is 4.79 Å². The molecule has 0 saturated heterocycles. The Kier molecular flexibility index (Phi) is 4.06. The van der Waals surface area contributed by atoms with Crippen molar-refractivity contribution < 1.29 is 4.79 Å². The number of nitrogens with zero attached hydrogens (tertiary/aromatic N) is 3. The van der Waals surface area contributed by atoms with Crippen LogP contribution in [0.4, 0.5) is 0 Å². The highest BCUT2D eigenvalue weighted by molar-refractivity contribution is 7.99. The van der Waals surface area contributed by atoms with Crippen LogP contribution in [0.2, 0.25) is 0 Å². The SMILES string of the molecule is CCn1ccnc1SCC(=O)N1CCc2[nH]c3ccccc3c2C1. The average molecular weight is 340 g/mol. The zero-order valence-electron chi connectivity index (χ0n) is 13.7. The molecule has 1 amide bonds. The van der Waals surface area contributed by atoms with Crippen LogP contribution in [0, 0.1) is 0 Å². The monoisotopic (exact) mass is 340 g/mol. The molecule has 2 aromatic heterocycles. The summed E-state index contributed by atoms with van der Waals surface area (Å²) in [4.78, 5) is 22.4. The van der Waals surface area contributed by atoms with Crippen LogP contribution in [-0.4, -0.2) is 37.6 Å². The predicted molar refractivity (Wildman–Crippen MR) is 96.0 cm³/mol. The Bertz CT molecular complexity index is 882. The van der Waals surface area contributed by atoms with E-state index in [2.05, 4.69) is 39.7 Å². The molecule has 24 heavy (non-hydrogen) atoms. The molecule has 0 atom stereocenters. The Hall–Kier alpha value is -2.21. The summed E-state index contributed by atoms with van der Waals surface area (Å²) in [6, 6.07) is 8.32. The molecule has 0 spiro atoms. The zero-order chi connectivity index (χ0) is 16.5. The minimum absolute atomic E-state index is 0.182. The Morgan fingerprint density at radius 2 is 2.25 bits per heavy atom. The van der Waals surface area contributed by atoms with Crippen LogP contribution in [0.25, 0.3) is 10.9 Å². The largest absolute Gasteiger partial charge is 0.358 e. The standard InChI is InChI=1S/C18H20N4OS/c1-2-21-10-8-19-18(21)24-12-17(23)22-9-7-16-14(11-22)13-5-3-4-6-15(13)20-16/h3-6,8,10,20H,2,7,9,11-12H2,1H3. The summed E-state index contributed by atoms with van der Waals surface area (Å²) in [5, 5.41) is 2.15. The molecule has 1 aliphatic heterocycles. The van der Waals surface area contributed by atoms with Crippen molar-refractivity contribution >= 4 is 28.6 Å². The number of hydrogen-bond donors (Lipinski definition) is 1. The van der Waals surface area contributed by atoms with Gasteiger partial charge in [-0.15, -0.1) is 0 Å². The van der Waals surface area contributed by atoms with E-state index in [0.717, 1.165) is 30.2 Å². The Morgan fingerprint density at radius 1 is 1.38 bits per heavy atom. The van der Waals surface area contributed by atoms with Gasteiger partial charge in [0.25, 0.3) is 0 Å². The van der Waals surface area contributed by atoms with E-state index in [9.17, 15) is 4.79 Å². The van der Waals surface area contributed by atoms with E-state index in [1.54, 1.807) is 6.20 Å². The van der Waals surface area contributed by atoms with E-state index in [1.165, 1.54) is 28.4 Å². The number of H-pyrrole nitrogens is 1. The van der Waals surface area contributed by atoms with Crippen LogP contribution in [0.1, 0.15) is 18.2 Å². The third-order valence-corrected chi connectivity index (χ3v) is 5.57. The first kappa shape index (κ1) is 15.3. The Labute approximate surface area is 145 Å². The number of benzene rings is 1. The quantitative estimate of drug-likeness (QED) is 0.743. The van der Waals surface area contributed by atoms with Gasteiger partial charge in [-0.1, -0.05) is 30.0 Å². The number of hydrogen-bond acceptors (Lipinski definition) is 3. The minimum Gasteiger partial charge on any atom is -0.358 e. The van der Waals surface area contributed by atoms with Gasteiger partial charge in [0.05, 0.1) is 5.75 Å². The highest BCUT2D eigenvalue weighted by Crippen LogP contribution is 2.28. The molecule has 3 aromatic rings. The summed E-state index contributed by atoms with van der Waals surface area (Å²) in [7, 11) is 0. The first-order valence-electron chi connectivity index (χ1n) is 8.26. The lowest BCUT2D eigenvalue weighted by Crippen LogP contribution is -2.36. The van der Waals surface area contributed by atoms with Crippen molar-refractivity contribution in [1.29, 1.82) is 0 Å². The normalized spacial score (nSPS) is 14.1. The van der Waals surface area contributed by atoms with Gasteiger partial charge in [0.1, 0.15) is 0 Å². The van der Waals surface area contributed by atoms with Gasteiger partial charge >= 0.3 is 0 Å². The van der Waals surface area contributed by atoms with Crippen molar-refractivity contribution in [3.63, 3.8) is 0 Å². The molecular formula is C18H20N4OS. The summed E-state index contributed by atoms with van der Waals surface area (Å²) in [5.41, 5.74) is 3.70. The second-order valence-corrected chi connectivity index (χ2v) is 6.92. The van der Waals surface area contributed by atoms with Crippen molar-refractivity contribution in [3.05, 3.63) is 47.9 Å². The minimum atomic E-state index is 0.182. The number of aromatic amines is 1. The number of thioether (sulfide) groups is 1. The smallest absolute Gasteiger partial charge is 0.233 e. The summed E-state index contributed by atoms with van der Waals surface area (Å²) >= 11 is 1.52. The summed E-state index contributed by atoms with van der Waals surface area (Å²) in [6.07, 6.45) is 4.63. The summed E-state index contributed by atoms with van der Waals surface area (Å²) < 4.78 is 2.06. The number of fused-ring (bicyclic) bond motifs is 3. The van der Waals surface area contributed by atoms with Crippen LogP contribution >= 0.6 is 11.8 Å². The van der Waals surface area contributed by atoms with Crippen LogP contribution in [0.3, 0.4) is 0 Å². The topological polar surface area (TPSA) is 53.9 Å². The first-order valence-corrected chi connectivity index (χ1v) is 9.25. The van der Waals surface area contributed by atoms with Gasteiger partial charge in [0, 0.05) is 60.6 Å². The van der Waals surface area contributed by atoms with E-state index in [4.69, 9.17) is 0 Å². The molecule has 5 nitrogen and oxygen atoms in total. The molecule has 124 valence electrons. The Balaban J connectivity index is 1.47. The van der Waals surface area contributed by atoms with Crippen LogP contribution in [0.5, 0.6) is 0 Å². The highest BCUT2D eigenvalue weighted by Gasteiger charge is 2.24. The number of nitrogens with one attached hydrogen (secondary N) is 1. The number of imidazole rings is 1.